The van der Waals surface area contributed by atoms with Crippen LogP contribution in [-0.4, -0.2) is 22.5 Å². The summed E-state index contributed by atoms with van der Waals surface area (Å²) in [5, 5.41) is 11.7. The van der Waals surface area contributed by atoms with E-state index < -0.39 is 0 Å². The number of carbonyl (C=O) groups is 1. The molecule has 1 aromatic rings. The highest BCUT2D eigenvalue weighted by Gasteiger charge is 2.05. The number of nitrogens with one attached hydrogen (secondary N) is 1. The lowest BCUT2D eigenvalue weighted by Crippen LogP contribution is -2.24. The molecule has 1 rings (SSSR count). The van der Waals surface area contributed by atoms with E-state index in [1.165, 1.54) is 18.5 Å². The second-order valence-corrected chi connectivity index (χ2v) is 3.75. The highest BCUT2D eigenvalue weighted by molar-refractivity contribution is 9.11. The standard InChI is InChI=1S/C9H9BrN2O2/c1-6(10)3-12-9(14)7-2-8(13)5-11-4-7/h2,4-5,13H,1,3H2,(H,12,14). The summed E-state index contributed by atoms with van der Waals surface area (Å²) in [7, 11) is 0. The van der Waals surface area contributed by atoms with Crippen LogP contribution in [-0.2, 0) is 0 Å². The number of pyridine rings is 1. The zero-order valence-electron chi connectivity index (χ0n) is 7.33. The molecule has 14 heavy (non-hydrogen) atoms. The Hall–Kier alpha value is -1.36. The van der Waals surface area contributed by atoms with Crippen LogP contribution in [0.1, 0.15) is 10.4 Å². The molecular weight excluding hydrogens is 248 g/mol. The van der Waals surface area contributed by atoms with Crippen molar-refractivity contribution >= 4 is 21.8 Å². The smallest absolute Gasteiger partial charge is 0.253 e. The molecule has 4 nitrogen and oxygen atoms in total. The lowest BCUT2D eigenvalue weighted by Gasteiger charge is -2.03. The first-order chi connectivity index (χ1) is 6.59. The number of nitrogens with zero attached hydrogens (tertiary/aromatic N) is 1. The van der Waals surface area contributed by atoms with Crippen molar-refractivity contribution in [2.75, 3.05) is 6.54 Å². The maximum absolute atomic E-state index is 11.4. The molecule has 0 bridgehead atoms. The number of hydrogen-bond acceptors (Lipinski definition) is 3. The van der Waals surface area contributed by atoms with Gasteiger partial charge in [-0.3, -0.25) is 9.78 Å². The molecule has 0 aliphatic carbocycles. The van der Waals surface area contributed by atoms with Crippen molar-refractivity contribution in [1.29, 1.82) is 0 Å². The van der Waals surface area contributed by atoms with Gasteiger partial charge in [0.15, 0.2) is 0 Å². The minimum atomic E-state index is -0.297. The van der Waals surface area contributed by atoms with Gasteiger partial charge in [-0.25, -0.2) is 0 Å². The van der Waals surface area contributed by atoms with Crippen LogP contribution in [0.15, 0.2) is 29.5 Å². The Morgan fingerprint density at radius 3 is 2.93 bits per heavy atom. The monoisotopic (exact) mass is 256 g/mol. The van der Waals surface area contributed by atoms with Crippen molar-refractivity contribution in [2.24, 2.45) is 0 Å². The third-order valence-corrected chi connectivity index (χ3v) is 1.71. The van der Waals surface area contributed by atoms with E-state index in [1.54, 1.807) is 0 Å². The van der Waals surface area contributed by atoms with Gasteiger partial charge in [0.1, 0.15) is 5.75 Å². The van der Waals surface area contributed by atoms with Gasteiger partial charge < -0.3 is 10.4 Å². The van der Waals surface area contributed by atoms with Gasteiger partial charge >= 0.3 is 0 Å². The van der Waals surface area contributed by atoms with Crippen molar-refractivity contribution in [2.45, 2.75) is 0 Å². The van der Waals surface area contributed by atoms with Crippen LogP contribution in [0.5, 0.6) is 5.75 Å². The molecule has 0 aliphatic rings. The molecule has 0 saturated carbocycles. The van der Waals surface area contributed by atoms with E-state index in [9.17, 15) is 4.79 Å². The molecule has 1 amide bonds. The van der Waals surface area contributed by atoms with Gasteiger partial charge in [-0.1, -0.05) is 22.5 Å². The Morgan fingerprint density at radius 2 is 2.36 bits per heavy atom. The number of amides is 1. The quantitative estimate of drug-likeness (QED) is 0.860. The molecule has 2 N–H and O–H groups in total. The van der Waals surface area contributed by atoms with Crippen LogP contribution in [0.25, 0.3) is 0 Å². The fourth-order valence-corrected chi connectivity index (χ4v) is 0.970. The van der Waals surface area contributed by atoms with Crippen LogP contribution in [0.2, 0.25) is 0 Å². The molecule has 0 spiro atoms. The lowest BCUT2D eigenvalue weighted by molar-refractivity contribution is 0.0957. The van der Waals surface area contributed by atoms with Crippen LogP contribution in [0.4, 0.5) is 0 Å². The van der Waals surface area contributed by atoms with Crippen molar-refractivity contribution < 1.29 is 9.90 Å². The number of aromatic hydroxyl groups is 1. The first-order valence-corrected chi connectivity index (χ1v) is 4.64. The van der Waals surface area contributed by atoms with Gasteiger partial charge in [0.2, 0.25) is 0 Å². The topological polar surface area (TPSA) is 62.2 Å². The van der Waals surface area contributed by atoms with E-state index in [-0.39, 0.29) is 11.7 Å². The summed E-state index contributed by atoms with van der Waals surface area (Å²) in [5.74, 6) is -0.329. The molecule has 0 radical (unpaired) electrons. The Bertz CT molecular complexity index is 366. The normalized spacial score (nSPS) is 9.50. The van der Waals surface area contributed by atoms with Crippen LogP contribution in [0, 0.1) is 0 Å². The fraction of sp³-hybridized carbons (Fsp3) is 0.111. The van der Waals surface area contributed by atoms with E-state index in [0.29, 0.717) is 16.6 Å². The van der Waals surface area contributed by atoms with Gasteiger partial charge in [0.25, 0.3) is 5.91 Å². The second kappa shape index (κ2) is 4.76. The van der Waals surface area contributed by atoms with Gasteiger partial charge in [-0.2, -0.15) is 0 Å². The van der Waals surface area contributed by atoms with Crippen LogP contribution >= 0.6 is 15.9 Å². The molecule has 74 valence electrons. The molecule has 0 aromatic carbocycles. The Balaban J connectivity index is 2.65. The van der Waals surface area contributed by atoms with Gasteiger partial charge in [-0.15, -0.1) is 0 Å². The van der Waals surface area contributed by atoms with Crippen molar-refractivity contribution in [3.63, 3.8) is 0 Å². The molecule has 1 aromatic heterocycles. The number of carbonyl (C=O) groups excluding carboxylic acids is 1. The Kier molecular flexibility index (Phi) is 3.64. The maximum Gasteiger partial charge on any atom is 0.253 e. The highest BCUT2D eigenvalue weighted by atomic mass is 79.9. The SMILES string of the molecule is C=C(Br)CNC(=O)c1cncc(O)c1. The van der Waals surface area contributed by atoms with Crippen LogP contribution < -0.4 is 5.32 Å². The fourth-order valence-electron chi connectivity index (χ4n) is 0.830. The summed E-state index contributed by atoms with van der Waals surface area (Å²) in [4.78, 5) is 15.1. The van der Waals surface area contributed by atoms with Crippen molar-refractivity contribution in [3.8, 4) is 5.75 Å². The minimum absolute atomic E-state index is 0.0321. The van der Waals surface area contributed by atoms with Gasteiger partial charge in [0, 0.05) is 17.2 Å². The molecule has 1 heterocycles. The molecular formula is C9H9BrN2O2. The molecule has 0 saturated heterocycles. The Morgan fingerprint density at radius 1 is 1.64 bits per heavy atom. The van der Waals surface area contributed by atoms with E-state index in [4.69, 9.17) is 5.11 Å². The Labute approximate surface area is 89.8 Å². The number of aromatic nitrogens is 1. The number of rotatable bonds is 3. The summed E-state index contributed by atoms with van der Waals surface area (Å²) in [6.07, 6.45) is 2.65. The lowest BCUT2D eigenvalue weighted by atomic mass is 10.2. The molecule has 0 aliphatic heterocycles. The van der Waals surface area contributed by atoms with Crippen molar-refractivity contribution in [1.82, 2.24) is 10.3 Å². The van der Waals surface area contributed by atoms with Gasteiger partial charge in [0.05, 0.1) is 11.8 Å². The zero-order valence-corrected chi connectivity index (χ0v) is 8.91. The minimum Gasteiger partial charge on any atom is -0.506 e. The summed E-state index contributed by atoms with van der Waals surface area (Å²) in [6.45, 7) is 3.92. The second-order valence-electron chi connectivity index (χ2n) is 2.63. The third-order valence-electron chi connectivity index (χ3n) is 1.43. The highest BCUT2D eigenvalue weighted by Crippen LogP contribution is 2.08. The summed E-state index contributed by atoms with van der Waals surface area (Å²) >= 11 is 3.12. The zero-order chi connectivity index (χ0) is 10.6. The molecule has 0 atom stereocenters. The first-order valence-electron chi connectivity index (χ1n) is 3.85. The number of halogens is 1. The molecule has 0 unspecified atom stereocenters. The van der Waals surface area contributed by atoms with Crippen LogP contribution in [0.3, 0.4) is 0 Å². The predicted molar refractivity (Wildman–Crippen MR) is 56.3 cm³/mol. The van der Waals surface area contributed by atoms with E-state index in [1.807, 2.05) is 0 Å². The average molecular weight is 257 g/mol. The number of hydrogen-bond donors (Lipinski definition) is 2. The van der Waals surface area contributed by atoms with E-state index in [2.05, 4.69) is 32.8 Å². The van der Waals surface area contributed by atoms with E-state index in [0.717, 1.165) is 0 Å². The summed E-state index contributed by atoms with van der Waals surface area (Å²) in [6, 6.07) is 1.35. The molecule has 5 heteroatoms. The van der Waals surface area contributed by atoms with E-state index >= 15 is 0 Å². The van der Waals surface area contributed by atoms with Gasteiger partial charge in [-0.05, 0) is 6.07 Å². The average Bonchev–Trinajstić information content (AvgIpc) is 2.14. The summed E-state index contributed by atoms with van der Waals surface area (Å²) < 4.78 is 0.680. The van der Waals surface area contributed by atoms with Crippen molar-refractivity contribution in [3.05, 3.63) is 35.1 Å². The predicted octanol–water partition coefficient (Wildman–Crippen LogP) is 1.43. The third kappa shape index (κ3) is 3.18. The molecule has 0 fully saturated rings. The largest absolute Gasteiger partial charge is 0.506 e. The first kappa shape index (κ1) is 10.7. The maximum atomic E-state index is 11.4. The summed E-state index contributed by atoms with van der Waals surface area (Å²) in [5.41, 5.74) is 0.318.